The number of benzene rings is 1. The van der Waals surface area contributed by atoms with E-state index in [2.05, 4.69) is 54.2 Å². The third kappa shape index (κ3) is 2.22. The van der Waals surface area contributed by atoms with E-state index in [0.29, 0.717) is 0 Å². The highest BCUT2D eigenvalue weighted by Crippen LogP contribution is 2.38. The first-order valence-electron chi connectivity index (χ1n) is 7.60. The number of nitrogens with zero attached hydrogens (tertiary/aromatic N) is 2. The zero-order valence-electron chi connectivity index (χ0n) is 12.2. The minimum Gasteiger partial charge on any atom is -0.324 e. The number of hydrogen-bond donors (Lipinski definition) is 0. The summed E-state index contributed by atoms with van der Waals surface area (Å²) in [5.74, 6) is 0. The highest BCUT2D eigenvalue weighted by atomic mass is 32.1. The number of fused-ring (bicyclic) bond motifs is 3. The Labute approximate surface area is 129 Å². The second-order valence-corrected chi connectivity index (χ2v) is 6.61. The molecule has 0 radical (unpaired) electrons. The summed E-state index contributed by atoms with van der Waals surface area (Å²) in [4.78, 5) is 6.23. The van der Waals surface area contributed by atoms with E-state index >= 15 is 0 Å². The molecular formula is C18H18N2S. The summed E-state index contributed by atoms with van der Waals surface area (Å²) in [5.41, 5.74) is 5.40. The lowest BCUT2D eigenvalue weighted by Crippen LogP contribution is -1.93. The van der Waals surface area contributed by atoms with Crippen LogP contribution in [0, 0.1) is 0 Å². The molecule has 0 unspecified atom stereocenters. The van der Waals surface area contributed by atoms with Gasteiger partial charge >= 0.3 is 0 Å². The van der Waals surface area contributed by atoms with Gasteiger partial charge in [-0.05, 0) is 61.1 Å². The molecule has 1 aliphatic carbocycles. The average molecular weight is 294 g/mol. The predicted octanol–water partition coefficient (Wildman–Crippen LogP) is 4.65. The number of thiazole rings is 1. The topological polar surface area (TPSA) is 17.8 Å². The van der Waals surface area contributed by atoms with E-state index in [0.717, 1.165) is 19.3 Å². The molecule has 0 saturated heterocycles. The van der Waals surface area contributed by atoms with E-state index in [-0.39, 0.29) is 0 Å². The molecule has 4 rings (SSSR count). The van der Waals surface area contributed by atoms with Crippen LogP contribution in [0.2, 0.25) is 0 Å². The summed E-state index contributed by atoms with van der Waals surface area (Å²) >= 11 is 1.88. The Balaban J connectivity index is 1.89. The molecule has 106 valence electrons. The van der Waals surface area contributed by atoms with Gasteiger partial charge in [0, 0.05) is 18.1 Å². The fraction of sp³-hybridized carbons (Fsp3) is 0.278. The van der Waals surface area contributed by atoms with Crippen molar-refractivity contribution in [2.45, 2.75) is 32.6 Å². The fourth-order valence-corrected chi connectivity index (χ4v) is 4.14. The molecule has 2 nitrogen and oxygen atoms in total. The monoisotopic (exact) mass is 294 g/mol. The number of hydrogen-bond acceptors (Lipinski definition) is 2. The molecule has 3 aromatic rings. The highest BCUT2D eigenvalue weighted by Gasteiger charge is 2.19. The third-order valence-electron chi connectivity index (χ3n) is 4.14. The van der Waals surface area contributed by atoms with E-state index in [1.165, 1.54) is 38.8 Å². The van der Waals surface area contributed by atoms with Crippen molar-refractivity contribution in [3.63, 3.8) is 0 Å². The minimum absolute atomic E-state index is 1.03. The summed E-state index contributed by atoms with van der Waals surface area (Å²) < 4.78 is 2.17. The zero-order chi connectivity index (χ0) is 14.2. The Bertz CT molecular complexity index is 769. The van der Waals surface area contributed by atoms with Crippen molar-refractivity contribution in [1.29, 1.82) is 0 Å². The highest BCUT2D eigenvalue weighted by molar-refractivity contribution is 7.15. The van der Waals surface area contributed by atoms with Gasteiger partial charge in [0.2, 0.25) is 0 Å². The molecule has 2 aromatic heterocycles. The molecule has 1 aliphatic rings. The number of aromatic nitrogens is 2. The Kier molecular flexibility index (Phi) is 3.15. The smallest absolute Gasteiger partial charge is 0.0932 e. The second-order valence-electron chi connectivity index (χ2n) is 5.52. The molecule has 0 atom stereocenters. The second kappa shape index (κ2) is 5.15. The van der Waals surface area contributed by atoms with Crippen LogP contribution in [0.25, 0.3) is 16.1 Å². The maximum absolute atomic E-state index is 4.83. The Hall–Kier alpha value is -1.87. The Morgan fingerprint density at radius 3 is 2.86 bits per heavy atom. The van der Waals surface area contributed by atoms with Crippen molar-refractivity contribution < 1.29 is 0 Å². The molecular weight excluding hydrogens is 276 g/mol. The first-order valence-corrected chi connectivity index (χ1v) is 8.42. The van der Waals surface area contributed by atoms with Gasteiger partial charge in [0.25, 0.3) is 0 Å². The van der Waals surface area contributed by atoms with Crippen LogP contribution in [0.15, 0.2) is 42.7 Å². The van der Waals surface area contributed by atoms with Gasteiger partial charge in [-0.25, -0.2) is 4.98 Å². The fourth-order valence-electron chi connectivity index (χ4n) is 3.04. The van der Waals surface area contributed by atoms with Crippen LogP contribution in [0.5, 0.6) is 0 Å². The van der Waals surface area contributed by atoms with Crippen molar-refractivity contribution in [2.75, 3.05) is 0 Å². The van der Waals surface area contributed by atoms with E-state index < -0.39 is 0 Å². The van der Waals surface area contributed by atoms with Gasteiger partial charge in [-0.1, -0.05) is 13.0 Å². The van der Waals surface area contributed by atoms with Gasteiger partial charge < -0.3 is 4.57 Å². The lowest BCUT2D eigenvalue weighted by molar-refractivity contribution is 0.812. The van der Waals surface area contributed by atoms with Gasteiger partial charge in [-0.2, -0.15) is 0 Å². The van der Waals surface area contributed by atoms with Crippen LogP contribution in [0.1, 0.15) is 29.6 Å². The molecule has 0 fully saturated rings. The third-order valence-corrected chi connectivity index (χ3v) is 5.42. The number of aryl methyl sites for hydroxylation is 3. The summed E-state index contributed by atoms with van der Waals surface area (Å²) in [6.45, 7) is 2.19. The van der Waals surface area contributed by atoms with Crippen LogP contribution < -0.4 is 0 Å². The molecule has 0 N–H and O–H groups in total. The molecule has 3 heteroatoms. The van der Waals surface area contributed by atoms with Crippen LogP contribution in [0.4, 0.5) is 0 Å². The predicted molar refractivity (Wildman–Crippen MR) is 88.3 cm³/mol. The summed E-state index contributed by atoms with van der Waals surface area (Å²) in [5, 5.41) is 1.26. The molecule has 21 heavy (non-hydrogen) atoms. The van der Waals surface area contributed by atoms with E-state index in [1.54, 1.807) is 0 Å². The molecule has 0 bridgehead atoms. The van der Waals surface area contributed by atoms with E-state index in [1.807, 2.05) is 11.3 Å². The standard InChI is InChI=1S/C18H18N2S/c1-2-17-19-16-7-5-6-13-8-9-14(20-10-3-4-11-20)12-15(13)18(16)21-17/h3-4,8-12H,2,5-7H2,1H3. The Morgan fingerprint density at radius 1 is 1.19 bits per heavy atom. The molecule has 0 spiro atoms. The van der Waals surface area contributed by atoms with Gasteiger partial charge in [-0.3, -0.25) is 0 Å². The molecule has 2 heterocycles. The maximum Gasteiger partial charge on any atom is 0.0932 e. The first kappa shape index (κ1) is 12.8. The number of rotatable bonds is 2. The van der Waals surface area contributed by atoms with Crippen molar-refractivity contribution >= 4 is 11.3 Å². The van der Waals surface area contributed by atoms with Crippen LogP contribution in [0.3, 0.4) is 0 Å². The van der Waals surface area contributed by atoms with E-state index in [9.17, 15) is 0 Å². The maximum atomic E-state index is 4.83. The Morgan fingerprint density at radius 2 is 2.05 bits per heavy atom. The normalized spacial score (nSPS) is 13.6. The van der Waals surface area contributed by atoms with E-state index in [4.69, 9.17) is 4.98 Å². The SMILES string of the molecule is CCc1nc2c(s1)-c1cc(-n3cccc3)ccc1CCC2. The largest absolute Gasteiger partial charge is 0.324 e. The van der Waals surface area contributed by atoms with Crippen molar-refractivity contribution in [3.8, 4) is 16.1 Å². The molecule has 0 amide bonds. The summed E-state index contributed by atoms with van der Waals surface area (Å²) in [7, 11) is 0. The average Bonchev–Trinajstić information content (AvgIpc) is 3.14. The first-order chi connectivity index (χ1) is 10.3. The lowest BCUT2D eigenvalue weighted by atomic mass is 10.0. The molecule has 0 aliphatic heterocycles. The minimum atomic E-state index is 1.03. The van der Waals surface area contributed by atoms with Crippen LogP contribution in [-0.4, -0.2) is 9.55 Å². The van der Waals surface area contributed by atoms with Gasteiger partial charge in [-0.15, -0.1) is 11.3 Å². The van der Waals surface area contributed by atoms with Crippen molar-refractivity contribution in [2.24, 2.45) is 0 Å². The molecule has 0 saturated carbocycles. The quantitative estimate of drug-likeness (QED) is 0.672. The lowest BCUT2D eigenvalue weighted by Gasteiger charge is -2.10. The van der Waals surface area contributed by atoms with Gasteiger partial charge in [0.05, 0.1) is 15.6 Å². The molecule has 1 aromatic carbocycles. The summed E-state index contributed by atoms with van der Waals surface area (Å²) in [6, 6.07) is 11.0. The van der Waals surface area contributed by atoms with Gasteiger partial charge in [0.15, 0.2) is 0 Å². The van der Waals surface area contributed by atoms with Crippen molar-refractivity contribution in [3.05, 3.63) is 59.0 Å². The summed E-state index contributed by atoms with van der Waals surface area (Å²) in [6.07, 6.45) is 8.71. The van der Waals surface area contributed by atoms with Crippen molar-refractivity contribution in [1.82, 2.24) is 9.55 Å². The zero-order valence-corrected chi connectivity index (χ0v) is 13.0. The van der Waals surface area contributed by atoms with Crippen LogP contribution in [-0.2, 0) is 19.3 Å². The van der Waals surface area contributed by atoms with Gasteiger partial charge in [0.1, 0.15) is 0 Å². The van der Waals surface area contributed by atoms with Crippen LogP contribution >= 0.6 is 11.3 Å².